The van der Waals surface area contributed by atoms with Crippen molar-refractivity contribution in [2.24, 2.45) is 5.16 Å². The Bertz CT molecular complexity index is 849. The van der Waals surface area contributed by atoms with E-state index in [2.05, 4.69) is 64.7 Å². The number of hydrogen-bond donors (Lipinski definition) is 0. The second-order valence-corrected chi connectivity index (χ2v) is 6.66. The molecule has 3 aromatic rings. The van der Waals surface area contributed by atoms with Crippen LogP contribution in [-0.4, -0.2) is 17.3 Å². The molecule has 0 N–H and O–H groups in total. The van der Waals surface area contributed by atoms with Gasteiger partial charge in [0.2, 0.25) is 0 Å². The molecule has 1 aromatic heterocycles. The van der Waals surface area contributed by atoms with Crippen molar-refractivity contribution in [3.05, 3.63) is 78.6 Å². The maximum atomic E-state index is 5.51. The molecule has 1 heterocycles. The molecule has 3 nitrogen and oxygen atoms in total. The molecule has 0 saturated heterocycles. The van der Waals surface area contributed by atoms with Crippen LogP contribution in [0, 0.1) is 0 Å². The molecule has 0 radical (unpaired) electrons. The van der Waals surface area contributed by atoms with Gasteiger partial charge in [0.15, 0.2) is 0 Å². The van der Waals surface area contributed by atoms with Crippen molar-refractivity contribution in [3.8, 4) is 22.3 Å². The lowest BCUT2D eigenvalue weighted by atomic mass is 10.0. The molecule has 3 heteroatoms. The molecule has 0 aliphatic heterocycles. The molecule has 4 rings (SSSR count). The Labute approximate surface area is 154 Å². The third-order valence-corrected chi connectivity index (χ3v) is 4.81. The Balaban J connectivity index is 1.42. The van der Waals surface area contributed by atoms with Gasteiger partial charge >= 0.3 is 0 Å². The van der Waals surface area contributed by atoms with Gasteiger partial charge in [-0.15, -0.1) is 0 Å². The molecule has 130 valence electrons. The van der Waals surface area contributed by atoms with Crippen LogP contribution in [-0.2, 0) is 4.84 Å². The van der Waals surface area contributed by atoms with Gasteiger partial charge in [-0.1, -0.05) is 65.8 Å². The summed E-state index contributed by atoms with van der Waals surface area (Å²) in [6.45, 7) is 0. The Morgan fingerprint density at radius 2 is 1.38 bits per heavy atom. The normalized spacial score (nSPS) is 14.8. The van der Waals surface area contributed by atoms with E-state index in [0.717, 1.165) is 29.7 Å². The van der Waals surface area contributed by atoms with Crippen molar-refractivity contribution in [2.45, 2.75) is 31.8 Å². The van der Waals surface area contributed by atoms with Gasteiger partial charge in [-0.3, -0.25) is 4.98 Å². The first kappa shape index (κ1) is 16.5. The highest BCUT2D eigenvalue weighted by Crippen LogP contribution is 2.24. The highest BCUT2D eigenvalue weighted by Gasteiger charge is 2.15. The summed E-state index contributed by atoms with van der Waals surface area (Å²) in [5.74, 6) is 0. The van der Waals surface area contributed by atoms with Crippen LogP contribution in [0.4, 0.5) is 0 Å². The molecule has 0 spiro atoms. The van der Waals surface area contributed by atoms with Crippen molar-refractivity contribution in [2.75, 3.05) is 0 Å². The predicted molar refractivity (Wildman–Crippen MR) is 106 cm³/mol. The molecule has 26 heavy (non-hydrogen) atoms. The molecule has 1 aliphatic rings. The molecule has 0 atom stereocenters. The Hall–Kier alpha value is -2.94. The van der Waals surface area contributed by atoms with E-state index in [1.807, 2.05) is 18.3 Å². The molecule has 2 aromatic carbocycles. The minimum Gasteiger partial charge on any atom is -0.392 e. The Kier molecular flexibility index (Phi) is 5.06. The average molecular weight is 342 g/mol. The van der Waals surface area contributed by atoms with Crippen LogP contribution in [0.3, 0.4) is 0 Å². The Morgan fingerprint density at radius 1 is 0.769 bits per heavy atom. The van der Waals surface area contributed by atoms with Crippen molar-refractivity contribution < 1.29 is 4.84 Å². The summed E-state index contributed by atoms with van der Waals surface area (Å²) in [4.78, 5) is 9.98. The lowest BCUT2D eigenvalue weighted by Crippen LogP contribution is -2.02. The maximum absolute atomic E-state index is 5.51. The van der Waals surface area contributed by atoms with Crippen molar-refractivity contribution >= 4 is 6.21 Å². The van der Waals surface area contributed by atoms with E-state index in [1.165, 1.54) is 24.0 Å². The number of pyridine rings is 1. The lowest BCUT2D eigenvalue weighted by molar-refractivity contribution is 0.0657. The van der Waals surface area contributed by atoms with Crippen molar-refractivity contribution in [3.63, 3.8) is 0 Å². The maximum Gasteiger partial charge on any atom is 0.127 e. The van der Waals surface area contributed by atoms with Gasteiger partial charge in [-0.25, -0.2) is 0 Å². The number of rotatable bonds is 5. The number of oxime groups is 1. The smallest absolute Gasteiger partial charge is 0.127 e. The van der Waals surface area contributed by atoms with E-state index < -0.39 is 0 Å². The van der Waals surface area contributed by atoms with Gasteiger partial charge in [-0.2, -0.15) is 0 Å². The first-order valence-electron chi connectivity index (χ1n) is 9.19. The summed E-state index contributed by atoms with van der Waals surface area (Å²) >= 11 is 0. The summed E-state index contributed by atoms with van der Waals surface area (Å²) in [7, 11) is 0. The highest BCUT2D eigenvalue weighted by atomic mass is 16.6. The molecule has 1 aliphatic carbocycles. The average Bonchev–Trinajstić information content (AvgIpc) is 3.23. The van der Waals surface area contributed by atoms with Gasteiger partial charge in [0.25, 0.3) is 0 Å². The monoisotopic (exact) mass is 342 g/mol. The zero-order valence-electron chi connectivity index (χ0n) is 14.7. The molecule has 0 amide bonds. The number of benzene rings is 2. The minimum absolute atomic E-state index is 0.286. The summed E-state index contributed by atoms with van der Waals surface area (Å²) in [5.41, 5.74) is 5.51. The second kappa shape index (κ2) is 7.96. The number of hydrogen-bond acceptors (Lipinski definition) is 3. The van der Waals surface area contributed by atoms with Gasteiger partial charge in [0.1, 0.15) is 6.10 Å². The van der Waals surface area contributed by atoms with E-state index in [1.54, 1.807) is 6.21 Å². The fourth-order valence-corrected chi connectivity index (χ4v) is 3.30. The largest absolute Gasteiger partial charge is 0.392 e. The van der Waals surface area contributed by atoms with Crippen LogP contribution in [0.5, 0.6) is 0 Å². The van der Waals surface area contributed by atoms with Crippen LogP contribution in [0.1, 0.15) is 31.4 Å². The standard InChI is InChI=1S/C23H22N2O/c1-2-6-18(7-3-1)19-10-12-20(13-11-19)21-14-15-22(24-16-21)17-25-26-23-8-4-5-9-23/h1-3,6-7,10-17,23H,4-5,8-9H2/b25-17+. The van der Waals surface area contributed by atoms with Gasteiger partial charge in [0, 0.05) is 11.8 Å². The van der Waals surface area contributed by atoms with Gasteiger partial charge < -0.3 is 4.84 Å². The molecule has 1 fully saturated rings. The third-order valence-electron chi connectivity index (χ3n) is 4.81. The van der Waals surface area contributed by atoms with Gasteiger partial charge in [-0.05, 0) is 48.4 Å². The zero-order valence-corrected chi connectivity index (χ0v) is 14.7. The number of aromatic nitrogens is 1. The first-order chi connectivity index (χ1) is 12.9. The molecular formula is C23H22N2O. The fraction of sp³-hybridized carbons (Fsp3) is 0.217. The summed E-state index contributed by atoms with van der Waals surface area (Å²) in [6.07, 6.45) is 8.58. The lowest BCUT2D eigenvalue weighted by Gasteiger charge is -2.06. The van der Waals surface area contributed by atoms with Crippen molar-refractivity contribution in [1.29, 1.82) is 0 Å². The van der Waals surface area contributed by atoms with E-state index >= 15 is 0 Å². The van der Waals surface area contributed by atoms with Crippen LogP contribution in [0.2, 0.25) is 0 Å². The second-order valence-electron chi connectivity index (χ2n) is 6.66. The fourth-order valence-electron chi connectivity index (χ4n) is 3.30. The summed E-state index contributed by atoms with van der Waals surface area (Å²) < 4.78 is 0. The third kappa shape index (κ3) is 3.99. The SMILES string of the molecule is C(=N\OC1CCCC1)/c1ccc(-c2ccc(-c3ccccc3)cc2)cn1. The van der Waals surface area contributed by atoms with E-state index in [0.29, 0.717) is 0 Å². The van der Waals surface area contributed by atoms with Gasteiger partial charge in [0.05, 0.1) is 11.9 Å². The van der Waals surface area contributed by atoms with Crippen molar-refractivity contribution in [1.82, 2.24) is 4.98 Å². The summed E-state index contributed by atoms with van der Waals surface area (Å²) in [6, 6.07) is 23.0. The highest BCUT2D eigenvalue weighted by molar-refractivity contribution is 5.78. The van der Waals surface area contributed by atoms with Crippen LogP contribution in [0.15, 0.2) is 78.1 Å². The topological polar surface area (TPSA) is 34.5 Å². The minimum atomic E-state index is 0.286. The van der Waals surface area contributed by atoms with E-state index in [4.69, 9.17) is 4.84 Å². The predicted octanol–water partition coefficient (Wildman–Crippen LogP) is 5.71. The molecular weight excluding hydrogens is 320 g/mol. The Morgan fingerprint density at radius 3 is 2.04 bits per heavy atom. The van der Waals surface area contributed by atoms with E-state index in [9.17, 15) is 0 Å². The van der Waals surface area contributed by atoms with E-state index in [-0.39, 0.29) is 6.10 Å². The first-order valence-corrected chi connectivity index (χ1v) is 9.19. The molecule has 0 bridgehead atoms. The van der Waals surface area contributed by atoms with Crippen LogP contribution < -0.4 is 0 Å². The quantitative estimate of drug-likeness (QED) is 0.440. The molecule has 0 unspecified atom stereocenters. The zero-order chi connectivity index (χ0) is 17.6. The number of nitrogens with zero attached hydrogens (tertiary/aromatic N) is 2. The summed E-state index contributed by atoms with van der Waals surface area (Å²) in [5, 5.41) is 4.08. The van der Waals surface area contributed by atoms with Crippen LogP contribution >= 0.6 is 0 Å². The molecule has 1 saturated carbocycles. The van der Waals surface area contributed by atoms with Crippen LogP contribution in [0.25, 0.3) is 22.3 Å².